The van der Waals surface area contributed by atoms with E-state index in [0.29, 0.717) is 5.04 Å². The van der Waals surface area contributed by atoms with Crippen molar-refractivity contribution in [3.8, 4) is 0 Å². The molecule has 0 N–H and O–H groups in total. The Morgan fingerprint density at radius 1 is 1.00 bits per heavy atom. The Hall–Kier alpha value is 0.177. The molecule has 0 unspecified atom stereocenters. The number of hydrogen-bond donors (Lipinski definition) is 0. The van der Waals surface area contributed by atoms with E-state index in [9.17, 15) is 0 Å². The largest absolute Gasteiger partial charge is 0.417 e. The van der Waals surface area contributed by atoms with E-state index in [-0.39, 0.29) is 0 Å². The van der Waals surface area contributed by atoms with E-state index in [4.69, 9.17) is 4.43 Å². The van der Waals surface area contributed by atoms with Crippen LogP contribution in [0, 0.1) is 17.8 Å². The quantitative estimate of drug-likeness (QED) is 0.670. The van der Waals surface area contributed by atoms with Gasteiger partial charge in [-0.05, 0) is 81.3 Å². The third kappa shape index (κ3) is 1.52. The molecule has 4 aliphatic rings. The molecule has 0 spiro atoms. The van der Waals surface area contributed by atoms with Crippen molar-refractivity contribution in [3.63, 3.8) is 0 Å². The molecule has 4 saturated carbocycles. The van der Waals surface area contributed by atoms with E-state index >= 15 is 0 Å². The molecule has 0 aromatic rings. The molecular formula is C14H26OSi. The summed E-state index contributed by atoms with van der Waals surface area (Å²) < 4.78 is 6.25. The van der Waals surface area contributed by atoms with Crippen molar-refractivity contribution in [3.05, 3.63) is 0 Å². The highest BCUT2D eigenvalue weighted by molar-refractivity contribution is 6.74. The van der Waals surface area contributed by atoms with Crippen LogP contribution in [0.15, 0.2) is 0 Å². The highest BCUT2D eigenvalue weighted by Crippen LogP contribution is 2.67. The van der Waals surface area contributed by atoms with Crippen molar-refractivity contribution in [2.45, 2.75) is 63.6 Å². The maximum atomic E-state index is 6.25. The first-order chi connectivity index (χ1) is 7.55. The first-order valence-electron chi connectivity index (χ1n) is 7.18. The van der Waals surface area contributed by atoms with Gasteiger partial charge in [0.2, 0.25) is 0 Å². The summed E-state index contributed by atoms with van der Waals surface area (Å²) >= 11 is 0. The Morgan fingerprint density at radius 3 is 1.81 bits per heavy atom. The molecule has 0 radical (unpaired) electrons. The van der Waals surface area contributed by atoms with Gasteiger partial charge in [0.25, 0.3) is 0 Å². The highest BCUT2D eigenvalue weighted by atomic mass is 28.4. The average molecular weight is 238 g/mol. The van der Waals surface area contributed by atoms with Gasteiger partial charge in [-0.1, -0.05) is 0 Å². The van der Waals surface area contributed by atoms with Gasteiger partial charge < -0.3 is 4.43 Å². The minimum absolute atomic E-state index is 0.664. The van der Waals surface area contributed by atoms with Crippen LogP contribution in [-0.4, -0.2) is 14.9 Å². The van der Waals surface area contributed by atoms with Gasteiger partial charge in [-0.3, -0.25) is 0 Å². The summed E-state index contributed by atoms with van der Waals surface area (Å²) in [6.07, 6.45) is 9.19. The number of hydrogen-bond acceptors (Lipinski definition) is 1. The van der Waals surface area contributed by atoms with Crippen LogP contribution in [0.25, 0.3) is 0 Å². The van der Waals surface area contributed by atoms with Crippen molar-refractivity contribution in [1.29, 1.82) is 0 Å². The van der Waals surface area contributed by atoms with Crippen LogP contribution in [0.3, 0.4) is 0 Å². The van der Waals surface area contributed by atoms with Gasteiger partial charge in [0.1, 0.15) is 0 Å². The van der Waals surface area contributed by atoms with Crippen LogP contribution in [0.1, 0.15) is 45.4 Å². The van der Waals surface area contributed by atoms with E-state index in [1.807, 2.05) is 0 Å². The summed E-state index contributed by atoms with van der Waals surface area (Å²) in [6.45, 7) is 8.09. The lowest BCUT2D eigenvalue weighted by Crippen LogP contribution is -2.55. The first kappa shape index (κ1) is 11.3. The van der Waals surface area contributed by atoms with Crippen LogP contribution in [0.5, 0.6) is 0 Å². The van der Waals surface area contributed by atoms with E-state index in [2.05, 4.69) is 20.0 Å². The second-order valence-corrected chi connectivity index (χ2v) is 11.5. The lowest BCUT2D eigenvalue weighted by Gasteiger charge is -2.61. The molecule has 0 atom stereocenters. The van der Waals surface area contributed by atoms with Crippen molar-refractivity contribution in [1.82, 2.24) is 0 Å². The van der Waals surface area contributed by atoms with Crippen LogP contribution >= 0.6 is 0 Å². The molecule has 0 amide bonds. The molecule has 0 aliphatic heterocycles. The second kappa shape index (κ2) is 3.58. The molecule has 2 heteroatoms. The van der Waals surface area contributed by atoms with Crippen molar-refractivity contribution in [2.75, 3.05) is 6.61 Å². The molecule has 16 heavy (non-hydrogen) atoms. The zero-order chi connectivity index (χ0) is 11.4. The summed E-state index contributed by atoms with van der Waals surface area (Å²) in [5.41, 5.74) is 0. The zero-order valence-corrected chi connectivity index (χ0v) is 12.1. The normalized spacial score (nSPS) is 46.3. The summed E-state index contributed by atoms with van der Waals surface area (Å²) in [4.78, 5) is 0. The van der Waals surface area contributed by atoms with Gasteiger partial charge in [0, 0.05) is 6.61 Å². The van der Waals surface area contributed by atoms with Crippen molar-refractivity contribution < 1.29 is 4.43 Å². The molecule has 4 rings (SSSR count). The summed E-state index contributed by atoms with van der Waals surface area (Å²) in [6, 6.07) is 0. The molecule has 0 aromatic heterocycles. The maximum absolute atomic E-state index is 6.25. The first-order valence-corrected chi connectivity index (χ1v) is 10.1. The van der Waals surface area contributed by atoms with E-state index in [0.717, 1.165) is 24.4 Å². The van der Waals surface area contributed by atoms with Crippen LogP contribution in [-0.2, 0) is 4.43 Å². The van der Waals surface area contributed by atoms with Crippen LogP contribution < -0.4 is 0 Å². The molecule has 4 aliphatic carbocycles. The molecule has 4 bridgehead atoms. The van der Waals surface area contributed by atoms with Gasteiger partial charge in [0.05, 0.1) is 0 Å². The van der Waals surface area contributed by atoms with Crippen molar-refractivity contribution >= 4 is 8.32 Å². The highest BCUT2D eigenvalue weighted by Gasteiger charge is 2.58. The van der Waals surface area contributed by atoms with Gasteiger partial charge in [-0.2, -0.15) is 0 Å². The molecule has 0 saturated heterocycles. The second-order valence-electron chi connectivity index (χ2n) is 7.14. The molecule has 4 fully saturated rings. The Labute approximate surface area is 101 Å². The zero-order valence-electron chi connectivity index (χ0n) is 11.1. The average Bonchev–Trinajstić information content (AvgIpc) is 2.14. The van der Waals surface area contributed by atoms with Crippen molar-refractivity contribution in [2.24, 2.45) is 17.8 Å². The minimum atomic E-state index is -1.45. The number of rotatable bonds is 3. The van der Waals surface area contributed by atoms with Gasteiger partial charge >= 0.3 is 0 Å². The molecule has 92 valence electrons. The fraction of sp³-hybridized carbons (Fsp3) is 1.00. The van der Waals surface area contributed by atoms with Gasteiger partial charge in [-0.15, -0.1) is 0 Å². The fourth-order valence-corrected chi connectivity index (χ4v) is 8.73. The summed E-state index contributed by atoms with van der Waals surface area (Å²) in [5, 5.41) is 0.664. The smallest absolute Gasteiger partial charge is 0.192 e. The monoisotopic (exact) mass is 238 g/mol. The predicted octanol–water partition coefficient (Wildman–Crippen LogP) is 4.20. The van der Waals surface area contributed by atoms with E-state index in [1.165, 1.54) is 19.3 Å². The Bertz CT molecular complexity index is 249. The van der Waals surface area contributed by atoms with E-state index < -0.39 is 8.32 Å². The minimum Gasteiger partial charge on any atom is -0.417 e. The Morgan fingerprint density at radius 2 is 1.44 bits per heavy atom. The molecule has 1 nitrogen and oxygen atoms in total. The maximum Gasteiger partial charge on any atom is 0.192 e. The van der Waals surface area contributed by atoms with E-state index in [1.54, 1.807) is 19.3 Å². The topological polar surface area (TPSA) is 9.23 Å². The van der Waals surface area contributed by atoms with Crippen LogP contribution in [0.2, 0.25) is 18.1 Å². The SMILES string of the molecule is CCO[Si](C)(C)C12CC3CC(CC(C3)C1)C2. The van der Waals surface area contributed by atoms with Crippen LogP contribution in [0.4, 0.5) is 0 Å². The molecular weight excluding hydrogens is 212 g/mol. The fourth-order valence-electron chi connectivity index (χ4n) is 5.36. The summed E-state index contributed by atoms with van der Waals surface area (Å²) in [7, 11) is -1.45. The lowest BCUT2D eigenvalue weighted by molar-refractivity contribution is 0.0158. The molecule has 0 aromatic carbocycles. The standard InChI is InChI=1S/C14H26OSi/c1-4-15-16(2,3)14-8-11-5-12(9-14)7-13(6-11)10-14/h11-13H,4-10H2,1-3H3. The molecule has 0 heterocycles. The van der Waals surface area contributed by atoms with Gasteiger partial charge in [-0.25, -0.2) is 0 Å². The van der Waals surface area contributed by atoms with Gasteiger partial charge in [0.15, 0.2) is 8.32 Å². The third-order valence-electron chi connectivity index (χ3n) is 5.82. The lowest BCUT2D eigenvalue weighted by atomic mass is 9.56. The Balaban J connectivity index is 1.88. The predicted molar refractivity (Wildman–Crippen MR) is 70.0 cm³/mol. The summed E-state index contributed by atoms with van der Waals surface area (Å²) in [5.74, 6) is 3.20. The third-order valence-corrected chi connectivity index (χ3v) is 10.00. The Kier molecular flexibility index (Phi) is 2.53.